The van der Waals surface area contributed by atoms with Crippen LogP contribution < -0.4 is 5.56 Å². The van der Waals surface area contributed by atoms with Crippen LogP contribution in [0.25, 0.3) is 16.7 Å². The van der Waals surface area contributed by atoms with Crippen molar-refractivity contribution in [1.82, 2.24) is 9.55 Å². The van der Waals surface area contributed by atoms with Gasteiger partial charge in [-0.05, 0) is 24.3 Å². The molecule has 0 aliphatic carbocycles. The lowest BCUT2D eigenvalue weighted by Gasteiger charge is -2.10. The standard InChI is InChI=1S/C14H8ClFN2O/c15-13-14(19)18(10-4-2-1-3-5-10)12-7-6-9(16)8-11(12)17-13/h1-8H. The van der Waals surface area contributed by atoms with Gasteiger partial charge in [-0.15, -0.1) is 0 Å². The molecule has 0 atom stereocenters. The number of hydrogen-bond donors (Lipinski definition) is 0. The number of nitrogens with zero attached hydrogens (tertiary/aromatic N) is 2. The lowest BCUT2D eigenvalue weighted by molar-refractivity contribution is 0.629. The Morgan fingerprint density at radius 3 is 2.58 bits per heavy atom. The highest BCUT2D eigenvalue weighted by Gasteiger charge is 2.11. The summed E-state index contributed by atoms with van der Waals surface area (Å²) < 4.78 is 14.7. The molecule has 1 aromatic heterocycles. The van der Waals surface area contributed by atoms with E-state index in [2.05, 4.69) is 4.98 Å². The Morgan fingerprint density at radius 2 is 1.84 bits per heavy atom. The zero-order valence-corrected chi connectivity index (χ0v) is 10.4. The van der Waals surface area contributed by atoms with Gasteiger partial charge in [-0.1, -0.05) is 29.8 Å². The highest BCUT2D eigenvalue weighted by molar-refractivity contribution is 6.29. The first-order valence-electron chi connectivity index (χ1n) is 5.60. The van der Waals surface area contributed by atoms with Gasteiger partial charge in [0.2, 0.25) is 0 Å². The highest BCUT2D eigenvalue weighted by Crippen LogP contribution is 2.17. The number of benzene rings is 2. The third kappa shape index (κ3) is 2.00. The summed E-state index contributed by atoms with van der Waals surface area (Å²) in [5.74, 6) is -0.422. The fourth-order valence-corrected chi connectivity index (χ4v) is 2.14. The van der Waals surface area contributed by atoms with Gasteiger partial charge in [0, 0.05) is 11.8 Å². The molecular weight excluding hydrogens is 267 g/mol. The van der Waals surface area contributed by atoms with E-state index in [1.54, 1.807) is 12.1 Å². The van der Waals surface area contributed by atoms with E-state index in [1.165, 1.54) is 22.8 Å². The van der Waals surface area contributed by atoms with Gasteiger partial charge in [0.05, 0.1) is 11.0 Å². The number of rotatable bonds is 1. The Morgan fingerprint density at radius 1 is 1.11 bits per heavy atom. The van der Waals surface area contributed by atoms with Crippen LogP contribution in [0, 0.1) is 5.82 Å². The third-order valence-electron chi connectivity index (χ3n) is 2.79. The van der Waals surface area contributed by atoms with Crippen molar-refractivity contribution in [1.29, 1.82) is 0 Å². The van der Waals surface area contributed by atoms with Crippen LogP contribution in [0.3, 0.4) is 0 Å². The molecule has 0 N–H and O–H groups in total. The Bertz CT molecular complexity index is 815. The predicted octanol–water partition coefficient (Wildman–Crippen LogP) is 3.18. The maximum atomic E-state index is 13.2. The molecule has 0 unspecified atom stereocenters. The van der Waals surface area contributed by atoms with Crippen molar-refractivity contribution in [2.45, 2.75) is 0 Å². The first-order valence-corrected chi connectivity index (χ1v) is 5.98. The Labute approximate surface area is 112 Å². The average molecular weight is 275 g/mol. The minimum atomic E-state index is -0.424. The molecule has 0 aliphatic heterocycles. The van der Waals surface area contributed by atoms with Gasteiger partial charge in [-0.3, -0.25) is 9.36 Å². The van der Waals surface area contributed by atoms with Crippen LogP contribution in [-0.2, 0) is 0 Å². The van der Waals surface area contributed by atoms with Crippen LogP contribution in [0.4, 0.5) is 4.39 Å². The van der Waals surface area contributed by atoms with E-state index in [4.69, 9.17) is 11.6 Å². The van der Waals surface area contributed by atoms with Crippen LogP contribution >= 0.6 is 11.6 Å². The first kappa shape index (κ1) is 11.9. The van der Waals surface area contributed by atoms with Crippen LogP contribution in [0.2, 0.25) is 5.15 Å². The minimum Gasteiger partial charge on any atom is -0.273 e. The Hall–Kier alpha value is -2.20. The summed E-state index contributed by atoms with van der Waals surface area (Å²) in [5.41, 5.74) is 1.09. The summed E-state index contributed by atoms with van der Waals surface area (Å²) in [6, 6.07) is 13.1. The monoisotopic (exact) mass is 274 g/mol. The second kappa shape index (κ2) is 4.48. The van der Waals surface area contributed by atoms with Gasteiger partial charge in [0.25, 0.3) is 5.56 Å². The molecular formula is C14H8ClFN2O. The largest absolute Gasteiger partial charge is 0.293 e. The van der Waals surface area contributed by atoms with Crippen molar-refractivity contribution in [3.05, 3.63) is 69.9 Å². The molecule has 0 saturated heterocycles. The SMILES string of the molecule is O=c1c(Cl)nc2cc(F)ccc2n1-c1ccccc1. The predicted molar refractivity (Wildman–Crippen MR) is 72.3 cm³/mol. The van der Waals surface area contributed by atoms with Crippen molar-refractivity contribution in [2.24, 2.45) is 0 Å². The smallest absolute Gasteiger partial charge is 0.273 e. The summed E-state index contributed by atoms with van der Waals surface area (Å²) in [6.45, 7) is 0. The summed E-state index contributed by atoms with van der Waals surface area (Å²) in [7, 11) is 0. The molecule has 0 fully saturated rings. The van der Waals surface area contributed by atoms with Gasteiger partial charge in [-0.25, -0.2) is 9.37 Å². The Kier molecular flexibility index (Phi) is 2.80. The number of para-hydroxylation sites is 1. The summed E-state index contributed by atoms with van der Waals surface area (Å²) in [4.78, 5) is 16.1. The van der Waals surface area contributed by atoms with Gasteiger partial charge < -0.3 is 0 Å². The molecule has 0 amide bonds. The van der Waals surface area contributed by atoms with Crippen molar-refractivity contribution in [3.63, 3.8) is 0 Å². The highest BCUT2D eigenvalue weighted by atomic mass is 35.5. The molecule has 2 aromatic carbocycles. The van der Waals surface area contributed by atoms with Gasteiger partial charge >= 0.3 is 0 Å². The number of aromatic nitrogens is 2. The summed E-state index contributed by atoms with van der Waals surface area (Å²) in [5, 5.41) is -0.179. The maximum absolute atomic E-state index is 13.2. The molecule has 3 rings (SSSR count). The Balaban J connectivity index is 2.46. The molecule has 0 saturated carbocycles. The molecule has 1 heterocycles. The molecule has 0 aliphatic rings. The molecule has 0 radical (unpaired) electrons. The van der Waals surface area contributed by atoms with Crippen LogP contribution in [0.15, 0.2) is 53.3 Å². The molecule has 3 aromatic rings. The van der Waals surface area contributed by atoms with E-state index >= 15 is 0 Å². The molecule has 0 bridgehead atoms. The van der Waals surface area contributed by atoms with Gasteiger partial charge in [-0.2, -0.15) is 0 Å². The number of halogens is 2. The first-order chi connectivity index (χ1) is 9.16. The van der Waals surface area contributed by atoms with E-state index in [9.17, 15) is 9.18 Å². The van der Waals surface area contributed by atoms with Crippen molar-refractivity contribution in [3.8, 4) is 5.69 Å². The fourth-order valence-electron chi connectivity index (χ4n) is 1.96. The van der Waals surface area contributed by atoms with E-state index in [0.29, 0.717) is 16.7 Å². The summed E-state index contributed by atoms with van der Waals surface area (Å²) >= 11 is 5.83. The van der Waals surface area contributed by atoms with Crippen LogP contribution in [0.1, 0.15) is 0 Å². The van der Waals surface area contributed by atoms with Crippen LogP contribution in [-0.4, -0.2) is 9.55 Å². The third-order valence-corrected chi connectivity index (χ3v) is 3.04. The average Bonchev–Trinajstić information content (AvgIpc) is 2.41. The van der Waals surface area contributed by atoms with E-state index in [1.807, 2.05) is 18.2 Å². The molecule has 3 nitrogen and oxygen atoms in total. The van der Waals surface area contributed by atoms with E-state index in [-0.39, 0.29) is 5.15 Å². The number of fused-ring (bicyclic) bond motifs is 1. The second-order valence-electron chi connectivity index (χ2n) is 4.01. The minimum absolute atomic E-state index is 0.179. The maximum Gasteiger partial charge on any atom is 0.293 e. The lowest BCUT2D eigenvalue weighted by Crippen LogP contribution is -2.20. The lowest BCUT2D eigenvalue weighted by atomic mass is 10.2. The summed E-state index contributed by atoms with van der Waals surface area (Å²) in [6.07, 6.45) is 0. The molecule has 5 heteroatoms. The topological polar surface area (TPSA) is 34.9 Å². The number of hydrogen-bond acceptors (Lipinski definition) is 2. The van der Waals surface area contributed by atoms with Gasteiger partial charge in [0.1, 0.15) is 5.82 Å². The van der Waals surface area contributed by atoms with Crippen molar-refractivity contribution < 1.29 is 4.39 Å². The molecule has 94 valence electrons. The molecule has 19 heavy (non-hydrogen) atoms. The quantitative estimate of drug-likeness (QED) is 0.683. The van der Waals surface area contributed by atoms with Gasteiger partial charge in [0.15, 0.2) is 5.15 Å². The van der Waals surface area contributed by atoms with Crippen molar-refractivity contribution >= 4 is 22.6 Å². The zero-order valence-electron chi connectivity index (χ0n) is 9.68. The fraction of sp³-hybridized carbons (Fsp3) is 0. The van der Waals surface area contributed by atoms with Crippen molar-refractivity contribution in [2.75, 3.05) is 0 Å². The second-order valence-corrected chi connectivity index (χ2v) is 4.37. The van der Waals surface area contributed by atoms with E-state index < -0.39 is 11.4 Å². The van der Waals surface area contributed by atoms with E-state index in [0.717, 1.165) is 0 Å². The molecule has 0 spiro atoms. The normalized spacial score (nSPS) is 10.8. The van der Waals surface area contributed by atoms with Crippen LogP contribution in [0.5, 0.6) is 0 Å². The zero-order chi connectivity index (χ0) is 13.4.